The molecule has 0 heterocycles. The zero-order valence-corrected chi connectivity index (χ0v) is 17.4. The number of rotatable bonds is 13. The number of ketones is 1. The maximum absolute atomic E-state index is 12.5. The summed E-state index contributed by atoms with van der Waals surface area (Å²) >= 11 is 0. The third kappa shape index (κ3) is 8.57. The molecule has 0 spiro atoms. The van der Waals surface area contributed by atoms with Gasteiger partial charge in [0.15, 0.2) is 0 Å². The highest BCUT2D eigenvalue weighted by molar-refractivity contribution is 5.93. The Kier molecular flexibility index (Phi) is 9.74. The minimum absolute atomic E-state index is 0.122. The van der Waals surface area contributed by atoms with E-state index in [1.165, 1.54) is 0 Å². The molecule has 0 saturated heterocycles. The molecule has 2 N–H and O–H groups in total. The molecule has 0 radical (unpaired) electrons. The van der Waals surface area contributed by atoms with Gasteiger partial charge >= 0.3 is 5.97 Å². The van der Waals surface area contributed by atoms with Crippen LogP contribution < -0.4 is 5.32 Å². The van der Waals surface area contributed by atoms with Crippen LogP contribution in [0.3, 0.4) is 0 Å². The van der Waals surface area contributed by atoms with E-state index in [2.05, 4.69) is 34.5 Å². The van der Waals surface area contributed by atoms with Crippen LogP contribution in [0.25, 0.3) is 0 Å². The Hall–Kier alpha value is -2.99. The third-order valence-electron chi connectivity index (χ3n) is 4.91. The number of amides is 1. The van der Waals surface area contributed by atoms with Gasteiger partial charge in [0.1, 0.15) is 12.2 Å². The van der Waals surface area contributed by atoms with E-state index in [0.29, 0.717) is 32.5 Å². The Morgan fingerprint density at radius 2 is 1.43 bits per heavy atom. The second-order valence-electron chi connectivity index (χ2n) is 7.42. The van der Waals surface area contributed by atoms with Crippen LogP contribution in [-0.4, -0.2) is 40.3 Å². The maximum atomic E-state index is 12.5. The van der Waals surface area contributed by atoms with Gasteiger partial charge in [0.2, 0.25) is 5.91 Å². The van der Waals surface area contributed by atoms with Crippen molar-refractivity contribution in [3.05, 3.63) is 71.8 Å². The van der Waals surface area contributed by atoms with E-state index in [1.807, 2.05) is 36.4 Å². The van der Waals surface area contributed by atoms with E-state index in [4.69, 9.17) is 5.11 Å². The van der Waals surface area contributed by atoms with Crippen LogP contribution in [0, 0.1) is 0 Å². The molecule has 6 heteroatoms. The summed E-state index contributed by atoms with van der Waals surface area (Å²) < 4.78 is 0. The van der Waals surface area contributed by atoms with Gasteiger partial charge in [-0.25, -0.2) is 0 Å². The summed E-state index contributed by atoms with van der Waals surface area (Å²) in [5.41, 5.74) is 2.31. The van der Waals surface area contributed by atoms with Crippen molar-refractivity contribution in [3.8, 4) is 0 Å². The molecule has 0 aromatic heterocycles. The summed E-state index contributed by atoms with van der Waals surface area (Å²) in [7, 11) is 0. The zero-order valence-electron chi connectivity index (χ0n) is 17.4. The van der Waals surface area contributed by atoms with E-state index in [0.717, 1.165) is 17.5 Å². The van der Waals surface area contributed by atoms with Crippen LogP contribution in [0.4, 0.5) is 0 Å². The molecule has 0 bridgehead atoms. The Balaban J connectivity index is 1.98. The normalized spacial score (nSPS) is 11.8. The van der Waals surface area contributed by atoms with Crippen LogP contribution >= 0.6 is 0 Å². The summed E-state index contributed by atoms with van der Waals surface area (Å²) in [6.07, 6.45) is 1.62. The van der Waals surface area contributed by atoms with E-state index >= 15 is 0 Å². The fourth-order valence-electron chi connectivity index (χ4n) is 3.45. The fourth-order valence-corrected chi connectivity index (χ4v) is 3.45. The minimum atomic E-state index is -1.14. The van der Waals surface area contributed by atoms with Crippen LogP contribution in [0.15, 0.2) is 60.7 Å². The molecule has 0 aliphatic heterocycles. The molecule has 2 rings (SSSR count). The maximum Gasteiger partial charge on any atom is 0.312 e. The lowest BCUT2D eigenvalue weighted by atomic mass is 10.0. The summed E-state index contributed by atoms with van der Waals surface area (Å²) in [5.74, 6) is -1.50. The van der Waals surface area contributed by atoms with E-state index in [9.17, 15) is 14.4 Å². The Labute approximate surface area is 177 Å². The molecule has 2 aromatic rings. The molecule has 30 heavy (non-hydrogen) atoms. The average Bonchev–Trinajstić information content (AvgIpc) is 2.71. The smallest absolute Gasteiger partial charge is 0.312 e. The highest BCUT2D eigenvalue weighted by atomic mass is 16.4. The zero-order chi connectivity index (χ0) is 21.8. The molecule has 0 fully saturated rings. The number of carbonyl (C=O) groups is 3. The van der Waals surface area contributed by atoms with Gasteiger partial charge < -0.3 is 10.4 Å². The number of hydrogen-bond acceptors (Lipinski definition) is 4. The lowest BCUT2D eigenvalue weighted by Crippen LogP contribution is -2.39. The molecule has 0 aliphatic rings. The van der Waals surface area contributed by atoms with Crippen LogP contribution in [0.2, 0.25) is 0 Å². The fraction of sp³-hybridized carbons (Fsp3) is 0.375. The quantitative estimate of drug-likeness (QED) is 0.390. The Morgan fingerprint density at radius 1 is 0.900 bits per heavy atom. The van der Waals surface area contributed by atoms with Gasteiger partial charge in [-0.3, -0.25) is 19.3 Å². The van der Waals surface area contributed by atoms with Crippen molar-refractivity contribution in [1.29, 1.82) is 0 Å². The molecule has 6 nitrogen and oxygen atoms in total. The number of Topliss-reactive ketones (excluding diaryl/α,β-unsaturated/α-hetero) is 1. The van der Waals surface area contributed by atoms with E-state index in [-0.39, 0.29) is 11.8 Å². The van der Waals surface area contributed by atoms with Crippen molar-refractivity contribution in [2.24, 2.45) is 0 Å². The first-order valence-electron chi connectivity index (χ1n) is 10.3. The van der Waals surface area contributed by atoms with Crippen molar-refractivity contribution in [2.45, 2.75) is 51.7 Å². The van der Waals surface area contributed by atoms with Gasteiger partial charge in [-0.15, -0.1) is 0 Å². The molecule has 1 atom stereocenters. The summed E-state index contributed by atoms with van der Waals surface area (Å²) in [6, 6.07) is 20.0. The number of aliphatic carboxylic acids is 1. The first kappa shape index (κ1) is 23.3. The van der Waals surface area contributed by atoms with Crippen LogP contribution in [0.5, 0.6) is 0 Å². The van der Waals surface area contributed by atoms with Gasteiger partial charge in [-0.2, -0.15) is 0 Å². The van der Waals surface area contributed by atoms with Crippen molar-refractivity contribution >= 4 is 17.7 Å². The number of benzene rings is 2. The molecule has 160 valence electrons. The average molecular weight is 411 g/mol. The predicted molar refractivity (Wildman–Crippen MR) is 116 cm³/mol. The lowest BCUT2D eigenvalue weighted by Gasteiger charge is -2.30. The first-order valence-corrected chi connectivity index (χ1v) is 10.3. The molecule has 2 aromatic carbocycles. The van der Waals surface area contributed by atoms with Gasteiger partial charge in [0.25, 0.3) is 0 Å². The summed E-state index contributed by atoms with van der Waals surface area (Å²) in [4.78, 5) is 36.6. The number of carboxylic acid groups (broad SMARTS) is 1. The Morgan fingerprint density at radius 3 is 1.90 bits per heavy atom. The number of unbranched alkanes of at least 4 members (excludes halogenated alkanes) is 1. The number of nitrogens with one attached hydrogen (secondary N) is 1. The molecule has 0 aliphatic carbocycles. The highest BCUT2D eigenvalue weighted by Gasteiger charge is 2.23. The van der Waals surface area contributed by atoms with E-state index < -0.39 is 18.3 Å². The molecule has 1 amide bonds. The minimum Gasteiger partial charge on any atom is -0.481 e. The lowest BCUT2D eigenvalue weighted by molar-refractivity contribution is -0.140. The summed E-state index contributed by atoms with van der Waals surface area (Å²) in [6.45, 7) is 3.39. The molecular weight excluding hydrogens is 380 g/mol. The second-order valence-corrected chi connectivity index (χ2v) is 7.42. The SMILES string of the molecule is CC(=O)C(CCCCNC(=O)CC(=O)O)N(Cc1ccccc1)Cc1ccccc1. The van der Waals surface area contributed by atoms with Crippen molar-refractivity contribution in [1.82, 2.24) is 10.2 Å². The third-order valence-corrected chi connectivity index (χ3v) is 4.91. The number of carboxylic acids is 1. The van der Waals surface area contributed by atoms with Gasteiger partial charge in [-0.05, 0) is 37.3 Å². The van der Waals surface area contributed by atoms with Gasteiger partial charge in [-0.1, -0.05) is 60.7 Å². The van der Waals surface area contributed by atoms with Gasteiger partial charge in [0.05, 0.1) is 6.04 Å². The summed E-state index contributed by atoms with van der Waals surface area (Å²) in [5, 5.41) is 11.2. The topological polar surface area (TPSA) is 86.7 Å². The monoisotopic (exact) mass is 410 g/mol. The van der Waals surface area contributed by atoms with Crippen molar-refractivity contribution in [3.63, 3.8) is 0 Å². The predicted octanol–water partition coefficient (Wildman–Crippen LogP) is 3.41. The van der Waals surface area contributed by atoms with E-state index in [1.54, 1.807) is 6.92 Å². The standard InChI is InChI=1S/C24H30N2O4/c1-19(27)22(14-8-9-15-25-23(28)16-24(29)30)26(17-20-10-4-2-5-11-20)18-21-12-6-3-7-13-21/h2-7,10-13,22H,8-9,14-18H2,1H3,(H,25,28)(H,29,30). The van der Waals surface area contributed by atoms with Crippen molar-refractivity contribution in [2.75, 3.05) is 6.54 Å². The van der Waals surface area contributed by atoms with Gasteiger partial charge in [0, 0.05) is 19.6 Å². The number of hydrogen-bond donors (Lipinski definition) is 2. The molecular formula is C24H30N2O4. The Bertz CT molecular complexity index is 767. The number of carbonyl (C=O) groups excluding carboxylic acids is 2. The highest BCUT2D eigenvalue weighted by Crippen LogP contribution is 2.18. The van der Waals surface area contributed by atoms with Crippen molar-refractivity contribution < 1.29 is 19.5 Å². The second kappa shape index (κ2) is 12.5. The largest absolute Gasteiger partial charge is 0.481 e. The molecule has 0 saturated carbocycles. The number of nitrogens with zero attached hydrogens (tertiary/aromatic N) is 1. The van der Waals surface area contributed by atoms with Crippen LogP contribution in [-0.2, 0) is 27.5 Å². The first-order chi connectivity index (χ1) is 14.5. The molecule has 1 unspecified atom stereocenters. The van der Waals surface area contributed by atoms with Crippen LogP contribution in [0.1, 0.15) is 43.7 Å².